The zero-order valence-electron chi connectivity index (χ0n) is 12.0. The maximum Gasteiger partial charge on any atom is 0.182 e. The van der Waals surface area contributed by atoms with Crippen LogP contribution in [-0.2, 0) is 0 Å². The Hall–Kier alpha value is -1.79. The van der Waals surface area contributed by atoms with E-state index in [1.54, 1.807) is 18.9 Å². The zero-order valence-corrected chi connectivity index (χ0v) is 14.6. The molecular formula is C16H16BrN3OS. The SMILES string of the molecule is Br.COc1ccc(C2=NNC(=Nc3ccccc3)SC2)cc1. The third-order valence-electron chi connectivity index (χ3n) is 3.04. The Morgan fingerprint density at radius 1 is 1.09 bits per heavy atom. The first-order valence-corrected chi connectivity index (χ1v) is 7.57. The number of aliphatic imine (C=N–C) groups is 1. The minimum atomic E-state index is 0. The Morgan fingerprint density at radius 2 is 1.82 bits per heavy atom. The molecule has 1 heterocycles. The van der Waals surface area contributed by atoms with Gasteiger partial charge in [0.2, 0.25) is 0 Å². The van der Waals surface area contributed by atoms with E-state index in [1.165, 1.54) is 0 Å². The lowest BCUT2D eigenvalue weighted by Crippen LogP contribution is -2.25. The Balaban J connectivity index is 0.00000176. The van der Waals surface area contributed by atoms with Crippen LogP contribution in [0.1, 0.15) is 5.56 Å². The molecule has 0 aromatic heterocycles. The summed E-state index contributed by atoms with van der Waals surface area (Å²) in [7, 11) is 1.66. The molecular weight excluding hydrogens is 362 g/mol. The number of ether oxygens (including phenoxy) is 1. The molecule has 0 spiro atoms. The third-order valence-corrected chi connectivity index (χ3v) is 3.92. The van der Waals surface area contributed by atoms with Crippen LogP contribution in [0.3, 0.4) is 0 Å². The van der Waals surface area contributed by atoms with E-state index in [2.05, 4.69) is 15.5 Å². The van der Waals surface area contributed by atoms with Crippen molar-refractivity contribution in [3.63, 3.8) is 0 Å². The normalized spacial score (nSPS) is 15.5. The van der Waals surface area contributed by atoms with Gasteiger partial charge in [-0.3, -0.25) is 5.43 Å². The molecule has 0 fully saturated rings. The predicted molar refractivity (Wildman–Crippen MR) is 99.0 cm³/mol. The highest BCUT2D eigenvalue weighted by Crippen LogP contribution is 2.19. The molecule has 0 aliphatic carbocycles. The minimum absolute atomic E-state index is 0. The van der Waals surface area contributed by atoms with E-state index in [0.717, 1.165) is 33.6 Å². The number of rotatable bonds is 3. The molecule has 0 unspecified atom stereocenters. The van der Waals surface area contributed by atoms with Crippen molar-refractivity contribution in [3.05, 3.63) is 60.2 Å². The summed E-state index contributed by atoms with van der Waals surface area (Å²) in [4.78, 5) is 4.51. The number of nitrogens with zero attached hydrogens (tertiary/aromatic N) is 2. The highest BCUT2D eigenvalue weighted by atomic mass is 79.9. The fourth-order valence-corrected chi connectivity index (χ4v) is 2.71. The molecule has 114 valence electrons. The molecule has 4 nitrogen and oxygen atoms in total. The monoisotopic (exact) mass is 377 g/mol. The van der Waals surface area contributed by atoms with Gasteiger partial charge in [-0.25, -0.2) is 4.99 Å². The van der Waals surface area contributed by atoms with Crippen LogP contribution in [-0.4, -0.2) is 23.7 Å². The number of hydrogen-bond donors (Lipinski definition) is 1. The number of amidine groups is 1. The Kier molecular flexibility index (Phi) is 6.03. The van der Waals surface area contributed by atoms with E-state index in [4.69, 9.17) is 4.74 Å². The Labute approximate surface area is 144 Å². The first-order chi connectivity index (χ1) is 10.3. The second-order valence-electron chi connectivity index (χ2n) is 4.44. The quantitative estimate of drug-likeness (QED) is 0.878. The van der Waals surface area contributed by atoms with Crippen molar-refractivity contribution in [2.24, 2.45) is 10.1 Å². The third kappa shape index (κ3) is 4.11. The lowest BCUT2D eigenvalue weighted by molar-refractivity contribution is 0.415. The molecule has 2 aromatic rings. The molecule has 1 aliphatic heterocycles. The van der Waals surface area contributed by atoms with Gasteiger partial charge in [0.1, 0.15) is 5.75 Å². The topological polar surface area (TPSA) is 46.0 Å². The number of methoxy groups -OCH3 is 1. The van der Waals surface area contributed by atoms with Gasteiger partial charge in [0.25, 0.3) is 0 Å². The molecule has 0 bridgehead atoms. The molecule has 0 saturated carbocycles. The van der Waals surface area contributed by atoms with Crippen molar-refractivity contribution in [1.29, 1.82) is 0 Å². The van der Waals surface area contributed by atoms with Crippen molar-refractivity contribution in [1.82, 2.24) is 5.43 Å². The van der Waals surface area contributed by atoms with Crippen LogP contribution in [0.4, 0.5) is 5.69 Å². The molecule has 0 amide bonds. The van der Waals surface area contributed by atoms with Crippen LogP contribution < -0.4 is 10.2 Å². The molecule has 6 heteroatoms. The summed E-state index contributed by atoms with van der Waals surface area (Å²) >= 11 is 1.65. The smallest absolute Gasteiger partial charge is 0.182 e. The van der Waals surface area contributed by atoms with E-state index >= 15 is 0 Å². The van der Waals surface area contributed by atoms with Crippen LogP contribution in [0.25, 0.3) is 0 Å². The van der Waals surface area contributed by atoms with Crippen molar-refractivity contribution in [2.45, 2.75) is 0 Å². The van der Waals surface area contributed by atoms with Gasteiger partial charge in [0.15, 0.2) is 5.17 Å². The fraction of sp³-hybridized carbons (Fsp3) is 0.125. The molecule has 22 heavy (non-hydrogen) atoms. The van der Waals surface area contributed by atoms with Crippen LogP contribution >= 0.6 is 28.7 Å². The zero-order chi connectivity index (χ0) is 14.5. The van der Waals surface area contributed by atoms with E-state index in [9.17, 15) is 0 Å². The van der Waals surface area contributed by atoms with E-state index in [1.807, 2.05) is 54.6 Å². The molecule has 0 saturated heterocycles. The lowest BCUT2D eigenvalue weighted by Gasteiger charge is -2.15. The van der Waals surface area contributed by atoms with Gasteiger partial charge in [-0.15, -0.1) is 17.0 Å². The van der Waals surface area contributed by atoms with Gasteiger partial charge in [0.05, 0.1) is 18.5 Å². The Bertz CT molecular complexity index is 672. The number of benzene rings is 2. The number of thioether (sulfide) groups is 1. The van der Waals surface area contributed by atoms with Crippen LogP contribution in [0.5, 0.6) is 5.75 Å². The van der Waals surface area contributed by atoms with Crippen LogP contribution in [0.2, 0.25) is 0 Å². The second-order valence-corrected chi connectivity index (χ2v) is 5.40. The molecule has 1 N–H and O–H groups in total. The first kappa shape index (κ1) is 16.6. The summed E-state index contributed by atoms with van der Waals surface area (Å²) in [6.45, 7) is 0. The standard InChI is InChI=1S/C16H15N3OS.BrH/c1-20-14-9-7-12(8-10-14)15-11-21-16(19-18-15)17-13-5-3-2-4-6-13;/h2-10H,11H2,1H3,(H,17,19);1H. The lowest BCUT2D eigenvalue weighted by atomic mass is 10.1. The fourth-order valence-electron chi connectivity index (χ4n) is 1.92. The van der Waals surface area contributed by atoms with E-state index in [0.29, 0.717) is 0 Å². The number of hydrazone groups is 1. The van der Waals surface area contributed by atoms with Crippen LogP contribution in [0.15, 0.2) is 64.7 Å². The molecule has 3 rings (SSSR count). The van der Waals surface area contributed by atoms with Crippen molar-refractivity contribution >= 4 is 45.3 Å². The Morgan fingerprint density at radius 3 is 2.41 bits per heavy atom. The molecule has 0 atom stereocenters. The maximum absolute atomic E-state index is 5.16. The summed E-state index contributed by atoms with van der Waals surface area (Å²) in [5.41, 5.74) is 6.04. The van der Waals surface area contributed by atoms with Gasteiger partial charge in [-0.2, -0.15) is 5.10 Å². The van der Waals surface area contributed by atoms with Gasteiger partial charge in [-0.05, 0) is 42.0 Å². The first-order valence-electron chi connectivity index (χ1n) is 6.59. The summed E-state index contributed by atoms with van der Waals surface area (Å²) in [5, 5.41) is 5.23. The molecule has 1 aliphatic rings. The van der Waals surface area contributed by atoms with Crippen molar-refractivity contribution in [2.75, 3.05) is 12.9 Å². The van der Waals surface area contributed by atoms with Crippen molar-refractivity contribution < 1.29 is 4.74 Å². The van der Waals surface area contributed by atoms with E-state index < -0.39 is 0 Å². The second kappa shape index (κ2) is 8.00. The van der Waals surface area contributed by atoms with Gasteiger partial charge in [0, 0.05) is 5.75 Å². The predicted octanol–water partition coefficient (Wildman–Crippen LogP) is 4.00. The highest BCUT2D eigenvalue weighted by Gasteiger charge is 2.13. The number of nitrogens with one attached hydrogen (secondary N) is 1. The number of halogens is 1. The highest BCUT2D eigenvalue weighted by molar-refractivity contribution is 8.93. The summed E-state index contributed by atoms with van der Waals surface area (Å²) in [5.74, 6) is 1.65. The average molecular weight is 378 g/mol. The molecule has 0 radical (unpaired) electrons. The number of hydrogen-bond acceptors (Lipinski definition) is 4. The van der Waals surface area contributed by atoms with Crippen LogP contribution in [0, 0.1) is 0 Å². The molecule has 2 aromatic carbocycles. The average Bonchev–Trinajstić information content (AvgIpc) is 2.57. The maximum atomic E-state index is 5.16. The summed E-state index contributed by atoms with van der Waals surface area (Å²) < 4.78 is 5.16. The van der Waals surface area contributed by atoms with E-state index in [-0.39, 0.29) is 17.0 Å². The largest absolute Gasteiger partial charge is 0.497 e. The van der Waals surface area contributed by atoms with Gasteiger partial charge in [-0.1, -0.05) is 30.0 Å². The summed E-state index contributed by atoms with van der Waals surface area (Å²) in [6, 6.07) is 17.8. The number of para-hydroxylation sites is 1. The van der Waals surface area contributed by atoms with Crippen molar-refractivity contribution in [3.8, 4) is 5.75 Å². The summed E-state index contributed by atoms with van der Waals surface area (Å²) in [6.07, 6.45) is 0. The minimum Gasteiger partial charge on any atom is -0.497 e. The van der Waals surface area contributed by atoms with Gasteiger partial charge >= 0.3 is 0 Å². The van der Waals surface area contributed by atoms with Gasteiger partial charge < -0.3 is 4.74 Å².